The van der Waals surface area contributed by atoms with Gasteiger partial charge in [-0.3, -0.25) is 0 Å². The van der Waals surface area contributed by atoms with Gasteiger partial charge in [-0.15, -0.1) is 0 Å². The van der Waals surface area contributed by atoms with E-state index in [1.54, 1.807) is 0 Å². The molecule has 2 aliphatic rings. The van der Waals surface area contributed by atoms with Crippen LogP contribution in [-0.2, 0) is 0 Å². The molecule has 0 aromatic heterocycles. The Kier molecular flexibility index (Phi) is 5.84. The minimum Gasteiger partial charge on any atom is -0.301 e. The van der Waals surface area contributed by atoms with Crippen LogP contribution in [0, 0.1) is 5.41 Å². The number of piperazine rings is 1. The van der Waals surface area contributed by atoms with E-state index in [0.717, 1.165) is 5.75 Å². The van der Waals surface area contributed by atoms with Crippen molar-refractivity contribution in [2.24, 2.45) is 5.41 Å². The van der Waals surface area contributed by atoms with Gasteiger partial charge in [0.1, 0.15) is 0 Å². The summed E-state index contributed by atoms with van der Waals surface area (Å²) in [4.78, 5) is 5.32. The molecule has 0 amide bonds. The molecule has 1 saturated heterocycles. The van der Waals surface area contributed by atoms with Crippen LogP contribution in [0.1, 0.15) is 45.4 Å². The van der Waals surface area contributed by atoms with E-state index in [9.17, 15) is 0 Å². The molecule has 1 aliphatic heterocycles. The van der Waals surface area contributed by atoms with E-state index in [-0.39, 0.29) is 0 Å². The predicted molar refractivity (Wildman–Crippen MR) is 82.5 cm³/mol. The highest BCUT2D eigenvalue weighted by atomic mass is 32.1. The lowest BCUT2D eigenvalue weighted by molar-refractivity contribution is 0.0751. The first-order valence-electron chi connectivity index (χ1n) is 7.83. The highest BCUT2D eigenvalue weighted by molar-refractivity contribution is 7.80. The van der Waals surface area contributed by atoms with Crippen LogP contribution in [0.15, 0.2) is 0 Å². The summed E-state index contributed by atoms with van der Waals surface area (Å²) in [6.07, 6.45) is 8.41. The summed E-state index contributed by atoms with van der Waals surface area (Å²) in [6.45, 7) is 9.96. The first kappa shape index (κ1) is 14.7. The molecule has 18 heavy (non-hydrogen) atoms. The molecule has 3 heteroatoms. The van der Waals surface area contributed by atoms with Crippen molar-refractivity contribution in [3.05, 3.63) is 0 Å². The molecule has 2 fully saturated rings. The average molecular weight is 270 g/mol. The minimum atomic E-state index is 0.536. The van der Waals surface area contributed by atoms with Crippen molar-refractivity contribution in [3.63, 3.8) is 0 Å². The second kappa shape index (κ2) is 7.16. The molecule has 0 radical (unpaired) electrons. The van der Waals surface area contributed by atoms with Gasteiger partial charge in [0.25, 0.3) is 0 Å². The van der Waals surface area contributed by atoms with Gasteiger partial charge in [0.05, 0.1) is 0 Å². The van der Waals surface area contributed by atoms with E-state index in [1.807, 2.05) is 0 Å². The lowest BCUT2D eigenvalue weighted by Gasteiger charge is -2.43. The van der Waals surface area contributed by atoms with E-state index in [4.69, 9.17) is 0 Å². The quantitative estimate of drug-likeness (QED) is 0.768. The second-order valence-corrected chi connectivity index (χ2v) is 6.65. The number of hydrogen-bond acceptors (Lipinski definition) is 3. The molecule has 0 atom stereocenters. The number of hydrogen-bond donors (Lipinski definition) is 1. The largest absolute Gasteiger partial charge is 0.301 e. The monoisotopic (exact) mass is 270 g/mol. The van der Waals surface area contributed by atoms with Crippen LogP contribution in [-0.4, -0.2) is 54.8 Å². The molecule has 2 rings (SSSR count). The molecular formula is C15H30N2S. The summed E-state index contributed by atoms with van der Waals surface area (Å²) in [6, 6.07) is 0. The zero-order chi connectivity index (χ0) is 12.8. The summed E-state index contributed by atoms with van der Waals surface area (Å²) in [5.41, 5.74) is 0.536. The highest BCUT2D eigenvalue weighted by Gasteiger charge is 2.33. The van der Waals surface area contributed by atoms with Crippen LogP contribution in [0.5, 0.6) is 0 Å². The number of rotatable bonds is 5. The van der Waals surface area contributed by atoms with Crippen LogP contribution in [0.3, 0.4) is 0 Å². The molecule has 1 heterocycles. The Morgan fingerprint density at radius 3 is 2.11 bits per heavy atom. The Morgan fingerprint density at radius 1 is 0.944 bits per heavy atom. The fourth-order valence-electron chi connectivity index (χ4n) is 3.63. The molecule has 1 saturated carbocycles. The van der Waals surface area contributed by atoms with E-state index in [1.165, 1.54) is 77.8 Å². The topological polar surface area (TPSA) is 6.48 Å². The fraction of sp³-hybridized carbons (Fsp3) is 1.00. The maximum Gasteiger partial charge on any atom is 0.0110 e. The summed E-state index contributed by atoms with van der Waals surface area (Å²) in [5, 5.41) is 0. The zero-order valence-corrected chi connectivity index (χ0v) is 12.9. The van der Waals surface area contributed by atoms with Crippen molar-refractivity contribution in [2.45, 2.75) is 45.4 Å². The predicted octanol–water partition coefficient (Wildman–Crippen LogP) is 2.89. The number of thiol groups is 1. The molecule has 0 unspecified atom stereocenters. The Balaban J connectivity index is 1.79. The van der Waals surface area contributed by atoms with Crippen molar-refractivity contribution in [3.8, 4) is 0 Å². The van der Waals surface area contributed by atoms with Crippen molar-refractivity contribution in [1.29, 1.82) is 0 Å². The second-order valence-electron chi connectivity index (χ2n) is 6.34. The first-order chi connectivity index (χ1) is 8.78. The summed E-state index contributed by atoms with van der Waals surface area (Å²) in [5.74, 6) is 1.09. The van der Waals surface area contributed by atoms with Crippen LogP contribution in [0.4, 0.5) is 0 Å². The zero-order valence-electron chi connectivity index (χ0n) is 12.0. The molecule has 2 nitrogen and oxygen atoms in total. The van der Waals surface area contributed by atoms with Crippen molar-refractivity contribution in [2.75, 3.05) is 45.0 Å². The van der Waals surface area contributed by atoms with Crippen LogP contribution >= 0.6 is 12.6 Å². The van der Waals surface area contributed by atoms with E-state index in [2.05, 4.69) is 29.4 Å². The standard InChI is InChI=1S/C15H30N2S/c1-2-8-16-9-11-17(12-10-16)13-15(14-18)6-4-3-5-7-15/h18H,2-14H2,1H3. The SMILES string of the molecule is CCCN1CCN(CC2(CS)CCCCC2)CC1. The van der Waals surface area contributed by atoms with Gasteiger partial charge in [0.15, 0.2) is 0 Å². The first-order valence-corrected chi connectivity index (χ1v) is 8.47. The maximum absolute atomic E-state index is 4.66. The lowest BCUT2D eigenvalue weighted by Crippen LogP contribution is -2.50. The van der Waals surface area contributed by atoms with Gasteiger partial charge in [-0.2, -0.15) is 12.6 Å². The Morgan fingerprint density at radius 2 is 1.56 bits per heavy atom. The normalized spacial score (nSPS) is 26.3. The van der Waals surface area contributed by atoms with Crippen LogP contribution < -0.4 is 0 Å². The van der Waals surface area contributed by atoms with Crippen LogP contribution in [0.25, 0.3) is 0 Å². The van der Waals surface area contributed by atoms with Gasteiger partial charge in [-0.05, 0) is 37.0 Å². The van der Waals surface area contributed by atoms with E-state index in [0.29, 0.717) is 5.41 Å². The van der Waals surface area contributed by atoms with Gasteiger partial charge in [0.2, 0.25) is 0 Å². The molecular weight excluding hydrogens is 240 g/mol. The minimum absolute atomic E-state index is 0.536. The molecule has 1 aliphatic carbocycles. The van der Waals surface area contributed by atoms with Crippen molar-refractivity contribution < 1.29 is 0 Å². The van der Waals surface area contributed by atoms with Gasteiger partial charge >= 0.3 is 0 Å². The van der Waals surface area contributed by atoms with Gasteiger partial charge < -0.3 is 9.80 Å². The third-order valence-corrected chi connectivity index (χ3v) is 5.48. The van der Waals surface area contributed by atoms with Gasteiger partial charge in [-0.1, -0.05) is 26.2 Å². The summed E-state index contributed by atoms with van der Waals surface area (Å²) in [7, 11) is 0. The number of nitrogens with zero attached hydrogens (tertiary/aromatic N) is 2. The molecule has 106 valence electrons. The molecule has 0 aromatic rings. The third kappa shape index (κ3) is 3.88. The van der Waals surface area contributed by atoms with Gasteiger partial charge in [0, 0.05) is 32.7 Å². The Hall–Kier alpha value is 0.270. The van der Waals surface area contributed by atoms with Crippen molar-refractivity contribution in [1.82, 2.24) is 9.80 Å². The molecule has 0 spiro atoms. The molecule has 0 aromatic carbocycles. The van der Waals surface area contributed by atoms with Gasteiger partial charge in [-0.25, -0.2) is 0 Å². The van der Waals surface area contributed by atoms with E-state index < -0.39 is 0 Å². The summed E-state index contributed by atoms with van der Waals surface area (Å²) >= 11 is 4.66. The van der Waals surface area contributed by atoms with Crippen LogP contribution in [0.2, 0.25) is 0 Å². The fourth-order valence-corrected chi connectivity index (χ4v) is 4.05. The maximum atomic E-state index is 4.66. The lowest BCUT2D eigenvalue weighted by atomic mass is 9.75. The third-order valence-electron chi connectivity index (χ3n) is 4.81. The van der Waals surface area contributed by atoms with E-state index >= 15 is 0 Å². The summed E-state index contributed by atoms with van der Waals surface area (Å²) < 4.78 is 0. The van der Waals surface area contributed by atoms with Crippen molar-refractivity contribution >= 4 is 12.6 Å². The smallest absolute Gasteiger partial charge is 0.0110 e. The Bertz CT molecular complexity index is 231. The average Bonchev–Trinajstić information content (AvgIpc) is 2.42. The Labute approximate surface area is 119 Å². The molecule has 0 bridgehead atoms. The highest BCUT2D eigenvalue weighted by Crippen LogP contribution is 2.38. The molecule has 0 N–H and O–H groups in total.